The molecule has 0 aliphatic carbocycles. The first-order valence-electron chi connectivity index (χ1n) is 10.4. The van der Waals surface area contributed by atoms with Crippen molar-refractivity contribution in [2.45, 2.75) is 25.6 Å². The first kappa shape index (κ1) is 24.1. The molecule has 2 heterocycles. The molecule has 0 saturated heterocycles. The number of fused-ring (bicyclic) bond motifs is 1. The van der Waals surface area contributed by atoms with E-state index in [0.717, 1.165) is 23.6 Å². The monoisotopic (exact) mass is 496 g/mol. The molecule has 2 aromatic carbocycles. The molecule has 35 heavy (non-hydrogen) atoms. The number of hydrogen-bond acceptors (Lipinski definition) is 7. The second-order valence-electron chi connectivity index (χ2n) is 7.94. The van der Waals surface area contributed by atoms with Crippen molar-refractivity contribution in [3.8, 4) is 17.2 Å². The summed E-state index contributed by atoms with van der Waals surface area (Å²) in [4.78, 5) is 21.2. The number of pyridine rings is 1. The second-order valence-corrected chi connectivity index (χ2v) is 8.72. The quantitative estimate of drug-likeness (QED) is 0.280. The molecular weight excluding hydrogens is 477 g/mol. The van der Waals surface area contributed by atoms with Crippen LogP contribution in [0.3, 0.4) is 0 Å². The van der Waals surface area contributed by atoms with Crippen LogP contribution in [-0.4, -0.2) is 14.5 Å². The van der Waals surface area contributed by atoms with E-state index in [1.165, 1.54) is 16.8 Å². The first-order chi connectivity index (χ1) is 16.7. The number of nitrogen functional groups attached to an aromatic ring is 1. The molecule has 3 N–H and O–H groups in total. The SMILES string of the molecule is CC(C)n1c(=O)c(-c2cc(F)c(NSCc3ccc(C#N)cc3)c(F)c2F)cc2cnc(N)nc21. The molecule has 0 unspecified atom stereocenters. The van der Waals surface area contributed by atoms with Gasteiger partial charge in [-0.05, 0) is 55.6 Å². The fourth-order valence-corrected chi connectivity index (χ4v) is 4.32. The third kappa shape index (κ3) is 4.65. The molecule has 0 radical (unpaired) electrons. The highest BCUT2D eigenvalue weighted by Crippen LogP contribution is 2.33. The van der Waals surface area contributed by atoms with Crippen molar-refractivity contribution in [1.82, 2.24) is 14.5 Å². The molecule has 0 amide bonds. The van der Waals surface area contributed by atoms with Gasteiger partial charge >= 0.3 is 0 Å². The Balaban J connectivity index is 1.70. The van der Waals surface area contributed by atoms with E-state index in [0.29, 0.717) is 16.7 Å². The third-order valence-electron chi connectivity index (χ3n) is 5.25. The van der Waals surface area contributed by atoms with Gasteiger partial charge in [-0.2, -0.15) is 10.2 Å². The van der Waals surface area contributed by atoms with Crippen molar-refractivity contribution in [2.24, 2.45) is 0 Å². The average Bonchev–Trinajstić information content (AvgIpc) is 2.83. The Morgan fingerprint density at radius 3 is 2.51 bits per heavy atom. The Morgan fingerprint density at radius 1 is 1.14 bits per heavy atom. The molecule has 7 nitrogen and oxygen atoms in total. The van der Waals surface area contributed by atoms with Crippen LogP contribution in [0.4, 0.5) is 24.8 Å². The van der Waals surface area contributed by atoms with Crippen LogP contribution >= 0.6 is 11.9 Å². The van der Waals surface area contributed by atoms with Crippen LogP contribution < -0.4 is 16.0 Å². The summed E-state index contributed by atoms with van der Waals surface area (Å²) in [5.41, 5.74) is 5.10. The highest BCUT2D eigenvalue weighted by atomic mass is 32.2. The van der Waals surface area contributed by atoms with Crippen LogP contribution in [0.2, 0.25) is 0 Å². The van der Waals surface area contributed by atoms with Crippen LogP contribution in [0.25, 0.3) is 22.2 Å². The van der Waals surface area contributed by atoms with Crippen molar-refractivity contribution in [3.05, 3.63) is 81.5 Å². The van der Waals surface area contributed by atoms with E-state index < -0.39 is 40.3 Å². The van der Waals surface area contributed by atoms with Crippen LogP contribution in [-0.2, 0) is 5.75 Å². The molecular formula is C24H19F3N6OS. The zero-order valence-corrected chi connectivity index (χ0v) is 19.5. The average molecular weight is 497 g/mol. The number of anilines is 2. The lowest BCUT2D eigenvalue weighted by molar-refractivity contribution is 0.502. The van der Waals surface area contributed by atoms with Gasteiger partial charge in [0.1, 0.15) is 11.3 Å². The number of nitrogens with two attached hydrogens (primary N) is 1. The summed E-state index contributed by atoms with van der Waals surface area (Å²) in [6.45, 7) is 3.44. The molecule has 178 valence electrons. The molecule has 4 aromatic rings. The van der Waals surface area contributed by atoms with Gasteiger partial charge in [-0.25, -0.2) is 18.2 Å². The van der Waals surface area contributed by atoms with Crippen molar-refractivity contribution in [1.29, 1.82) is 5.26 Å². The summed E-state index contributed by atoms with van der Waals surface area (Å²) >= 11 is 0.951. The number of hydrogen-bond donors (Lipinski definition) is 2. The standard InChI is InChI=1S/C24H19F3N6OS/c1-12(2)33-22-15(10-30-24(29)31-22)7-17(23(33)34)16-8-18(25)21(20(27)19(16)26)32-35-11-14-5-3-13(9-28)4-6-14/h3-8,10,12,32H,11H2,1-2H3,(H2,29,30,31). The Bertz CT molecular complexity index is 1530. The molecule has 11 heteroatoms. The van der Waals surface area contributed by atoms with E-state index in [9.17, 15) is 13.6 Å². The molecule has 0 fully saturated rings. The number of nitriles is 1. The van der Waals surface area contributed by atoms with Crippen molar-refractivity contribution in [3.63, 3.8) is 0 Å². The third-order valence-corrected chi connectivity index (χ3v) is 6.08. The van der Waals surface area contributed by atoms with Gasteiger partial charge < -0.3 is 10.5 Å². The van der Waals surface area contributed by atoms with Gasteiger partial charge in [-0.15, -0.1) is 0 Å². The zero-order chi connectivity index (χ0) is 25.3. The van der Waals surface area contributed by atoms with Crippen molar-refractivity contribution < 1.29 is 13.2 Å². The van der Waals surface area contributed by atoms with Crippen LogP contribution in [0, 0.1) is 28.8 Å². The smallest absolute Gasteiger partial charge is 0.260 e. The van der Waals surface area contributed by atoms with Crippen LogP contribution in [0.1, 0.15) is 31.0 Å². The number of nitrogens with one attached hydrogen (secondary N) is 1. The van der Waals surface area contributed by atoms with Gasteiger partial charge in [0.2, 0.25) is 5.95 Å². The molecule has 0 spiro atoms. The Morgan fingerprint density at radius 2 is 1.86 bits per heavy atom. The molecule has 0 saturated carbocycles. The molecule has 0 aliphatic heterocycles. The lowest BCUT2D eigenvalue weighted by Crippen LogP contribution is -2.25. The van der Waals surface area contributed by atoms with E-state index in [1.807, 2.05) is 6.07 Å². The minimum atomic E-state index is -1.45. The zero-order valence-electron chi connectivity index (χ0n) is 18.6. The Labute approximate surface area is 202 Å². The summed E-state index contributed by atoms with van der Waals surface area (Å²) in [6.07, 6.45) is 1.36. The topological polar surface area (TPSA) is 110 Å². The van der Waals surface area contributed by atoms with E-state index in [1.54, 1.807) is 38.1 Å². The minimum absolute atomic E-state index is 0.0451. The number of rotatable bonds is 6. The van der Waals surface area contributed by atoms with Crippen molar-refractivity contribution in [2.75, 3.05) is 10.5 Å². The minimum Gasteiger partial charge on any atom is -0.368 e. The maximum Gasteiger partial charge on any atom is 0.260 e. The summed E-state index contributed by atoms with van der Waals surface area (Å²) in [5, 5.41) is 9.21. The lowest BCUT2D eigenvalue weighted by Gasteiger charge is -2.16. The molecule has 2 aromatic heterocycles. The predicted octanol–water partition coefficient (Wildman–Crippen LogP) is 5.17. The maximum absolute atomic E-state index is 15.1. The van der Waals surface area contributed by atoms with Crippen LogP contribution in [0.15, 0.2) is 47.4 Å². The lowest BCUT2D eigenvalue weighted by atomic mass is 10.0. The highest BCUT2D eigenvalue weighted by Gasteiger charge is 2.24. The van der Waals surface area contributed by atoms with Crippen molar-refractivity contribution >= 4 is 34.6 Å². The predicted molar refractivity (Wildman–Crippen MR) is 130 cm³/mol. The van der Waals surface area contributed by atoms with E-state index in [-0.39, 0.29) is 17.2 Å². The largest absolute Gasteiger partial charge is 0.368 e. The molecule has 0 atom stereocenters. The summed E-state index contributed by atoms with van der Waals surface area (Å²) in [6, 6.07) is 10.4. The maximum atomic E-state index is 15.1. The Hall–Kier alpha value is -4.04. The number of aromatic nitrogens is 3. The number of benzene rings is 2. The van der Waals surface area contributed by atoms with Gasteiger partial charge in [0.15, 0.2) is 17.5 Å². The van der Waals surface area contributed by atoms with Gasteiger partial charge in [0, 0.05) is 28.9 Å². The fraction of sp³-hybridized carbons (Fsp3) is 0.167. The summed E-state index contributed by atoms with van der Waals surface area (Å²) < 4.78 is 48.7. The van der Waals surface area contributed by atoms with Gasteiger partial charge in [0.25, 0.3) is 5.56 Å². The molecule has 0 bridgehead atoms. The highest BCUT2D eigenvalue weighted by molar-refractivity contribution is 7.99. The van der Waals surface area contributed by atoms with Gasteiger partial charge in [-0.1, -0.05) is 12.1 Å². The number of halogens is 3. The van der Waals surface area contributed by atoms with E-state index >= 15 is 4.39 Å². The normalized spacial score (nSPS) is 11.1. The molecule has 4 rings (SSSR count). The van der Waals surface area contributed by atoms with E-state index in [4.69, 9.17) is 11.0 Å². The first-order valence-corrected chi connectivity index (χ1v) is 11.4. The summed E-state index contributed by atoms with van der Waals surface area (Å²) in [7, 11) is 0. The van der Waals surface area contributed by atoms with Crippen LogP contribution in [0.5, 0.6) is 0 Å². The summed E-state index contributed by atoms with van der Waals surface area (Å²) in [5.74, 6) is -3.61. The number of nitrogens with zero attached hydrogens (tertiary/aromatic N) is 4. The molecule has 0 aliphatic rings. The fourth-order valence-electron chi connectivity index (χ4n) is 3.56. The Kier molecular flexibility index (Phi) is 6.66. The van der Waals surface area contributed by atoms with E-state index in [2.05, 4.69) is 14.7 Å². The second kappa shape index (κ2) is 9.68. The van der Waals surface area contributed by atoms with Gasteiger partial charge in [-0.3, -0.25) is 9.36 Å². The van der Waals surface area contributed by atoms with Gasteiger partial charge in [0.05, 0.1) is 17.2 Å².